The van der Waals surface area contributed by atoms with Gasteiger partial charge in [-0.05, 0) is 42.3 Å². The number of halogens is 3. The van der Waals surface area contributed by atoms with E-state index in [1.807, 2.05) is 36.0 Å². The molecule has 0 saturated carbocycles. The Balaban J connectivity index is 1.59. The Morgan fingerprint density at radius 2 is 1.63 bits per heavy atom. The van der Waals surface area contributed by atoms with Crippen LogP contribution >= 0.6 is 58.3 Å². The van der Waals surface area contributed by atoms with Crippen LogP contribution in [0, 0.1) is 0 Å². The van der Waals surface area contributed by atoms with Gasteiger partial charge in [-0.1, -0.05) is 64.8 Å². The van der Waals surface area contributed by atoms with Gasteiger partial charge in [-0.25, -0.2) is 0 Å². The molecule has 0 aliphatic rings. The van der Waals surface area contributed by atoms with Crippen molar-refractivity contribution in [3.63, 3.8) is 0 Å². The van der Waals surface area contributed by atoms with E-state index < -0.39 is 0 Å². The maximum absolute atomic E-state index is 6.26. The third-order valence-electron chi connectivity index (χ3n) is 3.89. The van der Waals surface area contributed by atoms with Crippen LogP contribution in [0.4, 0.5) is 0 Å². The van der Waals surface area contributed by atoms with Crippen molar-refractivity contribution < 1.29 is 0 Å². The van der Waals surface area contributed by atoms with E-state index in [0.717, 1.165) is 45.4 Å². The van der Waals surface area contributed by atoms with Crippen LogP contribution in [0.15, 0.2) is 47.6 Å². The lowest BCUT2D eigenvalue weighted by Crippen LogP contribution is -2.02. The van der Waals surface area contributed by atoms with E-state index in [1.54, 1.807) is 17.8 Å². The largest absolute Gasteiger partial charge is 0.306 e. The Morgan fingerprint density at radius 3 is 2.33 bits per heavy atom. The first kappa shape index (κ1) is 20.9. The maximum atomic E-state index is 6.26. The summed E-state index contributed by atoms with van der Waals surface area (Å²) in [5.74, 6) is 3.44. The average Bonchev–Trinajstić information content (AvgIpc) is 3.04. The molecular weight excluding hydrogens is 441 g/mol. The van der Waals surface area contributed by atoms with Crippen molar-refractivity contribution in [2.24, 2.45) is 0 Å². The summed E-state index contributed by atoms with van der Waals surface area (Å²) in [7, 11) is 0. The molecule has 3 rings (SSSR count). The highest BCUT2D eigenvalue weighted by atomic mass is 35.5. The quantitative estimate of drug-likeness (QED) is 0.340. The summed E-state index contributed by atoms with van der Waals surface area (Å²) in [4.78, 5) is 0. The van der Waals surface area contributed by atoms with Crippen molar-refractivity contribution in [3.05, 3.63) is 74.5 Å². The van der Waals surface area contributed by atoms with Crippen molar-refractivity contribution >= 4 is 58.3 Å². The number of benzene rings is 2. The second-order valence-electron chi connectivity index (χ2n) is 5.79. The van der Waals surface area contributed by atoms with Crippen molar-refractivity contribution in [1.82, 2.24) is 14.8 Å². The minimum Gasteiger partial charge on any atom is -0.306 e. The molecule has 3 aromatic rings. The molecule has 0 fully saturated rings. The number of hydrogen-bond donors (Lipinski definition) is 0. The average molecular weight is 459 g/mol. The number of nitrogens with zero attached hydrogens (tertiary/aromatic N) is 3. The Labute approximate surface area is 182 Å². The molecule has 0 spiro atoms. The standard InChI is InChI=1S/C19H18Cl3N3S2/c1-2-25-18(12-26-10-13-3-6-15(20)7-4-13)23-24-19(25)27-11-14-5-8-16(21)9-17(14)22/h3-9H,2,10-12H2,1H3. The smallest absolute Gasteiger partial charge is 0.191 e. The molecule has 142 valence electrons. The zero-order valence-corrected chi connectivity index (χ0v) is 18.6. The van der Waals surface area contributed by atoms with Gasteiger partial charge in [0.05, 0.1) is 5.75 Å². The summed E-state index contributed by atoms with van der Waals surface area (Å²) in [6.07, 6.45) is 0. The van der Waals surface area contributed by atoms with Gasteiger partial charge in [-0.15, -0.1) is 22.0 Å². The van der Waals surface area contributed by atoms with E-state index in [0.29, 0.717) is 10.0 Å². The molecule has 8 heteroatoms. The minimum atomic E-state index is 0.644. The monoisotopic (exact) mass is 457 g/mol. The van der Waals surface area contributed by atoms with E-state index >= 15 is 0 Å². The molecule has 1 aromatic heterocycles. The first-order valence-electron chi connectivity index (χ1n) is 8.37. The molecule has 0 atom stereocenters. The van der Waals surface area contributed by atoms with Crippen LogP contribution in [0.2, 0.25) is 15.1 Å². The molecule has 0 unspecified atom stereocenters. The van der Waals surface area contributed by atoms with Gasteiger partial charge in [0.25, 0.3) is 0 Å². The van der Waals surface area contributed by atoms with Gasteiger partial charge in [0, 0.05) is 33.1 Å². The van der Waals surface area contributed by atoms with Crippen LogP contribution in [0.25, 0.3) is 0 Å². The summed E-state index contributed by atoms with van der Waals surface area (Å²) in [6.45, 7) is 2.94. The van der Waals surface area contributed by atoms with Gasteiger partial charge in [-0.3, -0.25) is 0 Å². The summed E-state index contributed by atoms with van der Waals surface area (Å²) >= 11 is 21.6. The summed E-state index contributed by atoms with van der Waals surface area (Å²) < 4.78 is 2.16. The first-order valence-corrected chi connectivity index (χ1v) is 11.6. The Hall–Kier alpha value is -0.850. The van der Waals surface area contributed by atoms with Crippen LogP contribution in [-0.4, -0.2) is 14.8 Å². The first-order chi connectivity index (χ1) is 13.1. The van der Waals surface area contributed by atoms with Crippen LogP contribution in [0.3, 0.4) is 0 Å². The fraction of sp³-hybridized carbons (Fsp3) is 0.263. The highest BCUT2D eigenvalue weighted by Gasteiger charge is 2.12. The molecule has 0 amide bonds. The summed E-state index contributed by atoms with van der Waals surface area (Å²) in [5, 5.41) is 11.7. The van der Waals surface area contributed by atoms with Crippen LogP contribution in [0.5, 0.6) is 0 Å². The predicted molar refractivity (Wildman–Crippen MR) is 118 cm³/mol. The zero-order chi connectivity index (χ0) is 19.2. The second-order valence-corrected chi connectivity index (χ2v) is 8.99. The molecular formula is C19H18Cl3N3S2. The van der Waals surface area contributed by atoms with Gasteiger partial charge >= 0.3 is 0 Å². The minimum absolute atomic E-state index is 0.644. The van der Waals surface area contributed by atoms with Crippen molar-refractivity contribution in [2.45, 2.75) is 35.9 Å². The van der Waals surface area contributed by atoms with E-state index in [2.05, 4.69) is 33.8 Å². The highest BCUT2D eigenvalue weighted by Crippen LogP contribution is 2.29. The zero-order valence-electron chi connectivity index (χ0n) is 14.7. The number of thioether (sulfide) groups is 2. The van der Waals surface area contributed by atoms with Gasteiger partial charge in [0.1, 0.15) is 5.82 Å². The third kappa shape index (κ3) is 5.81. The lowest BCUT2D eigenvalue weighted by Gasteiger charge is -2.08. The van der Waals surface area contributed by atoms with E-state index in [9.17, 15) is 0 Å². The predicted octanol–water partition coefficient (Wildman–Crippen LogP) is 6.98. The van der Waals surface area contributed by atoms with Crippen LogP contribution in [-0.2, 0) is 23.8 Å². The van der Waals surface area contributed by atoms with Gasteiger partial charge in [-0.2, -0.15) is 0 Å². The Kier molecular flexibility index (Phi) is 7.79. The summed E-state index contributed by atoms with van der Waals surface area (Å²) in [5.41, 5.74) is 2.29. The number of hydrogen-bond acceptors (Lipinski definition) is 4. The van der Waals surface area contributed by atoms with Crippen molar-refractivity contribution in [3.8, 4) is 0 Å². The topological polar surface area (TPSA) is 30.7 Å². The normalized spacial score (nSPS) is 11.1. The highest BCUT2D eigenvalue weighted by molar-refractivity contribution is 7.98. The molecule has 0 saturated heterocycles. The Bertz CT molecular complexity index is 898. The van der Waals surface area contributed by atoms with Gasteiger partial charge < -0.3 is 4.57 Å². The Morgan fingerprint density at radius 1 is 0.889 bits per heavy atom. The van der Waals surface area contributed by atoms with Crippen LogP contribution < -0.4 is 0 Å². The van der Waals surface area contributed by atoms with E-state index in [4.69, 9.17) is 34.8 Å². The second kappa shape index (κ2) is 10.1. The molecule has 0 radical (unpaired) electrons. The molecule has 0 N–H and O–H groups in total. The van der Waals surface area contributed by atoms with Gasteiger partial charge in [0.2, 0.25) is 0 Å². The lowest BCUT2D eigenvalue weighted by molar-refractivity contribution is 0.659. The number of rotatable bonds is 8. The maximum Gasteiger partial charge on any atom is 0.191 e. The molecule has 0 bridgehead atoms. The summed E-state index contributed by atoms with van der Waals surface area (Å²) in [6, 6.07) is 13.5. The van der Waals surface area contributed by atoms with Crippen LogP contribution in [0.1, 0.15) is 23.9 Å². The molecule has 0 aliphatic carbocycles. The molecule has 2 aromatic carbocycles. The van der Waals surface area contributed by atoms with Gasteiger partial charge in [0.15, 0.2) is 5.16 Å². The fourth-order valence-electron chi connectivity index (χ4n) is 2.47. The fourth-order valence-corrected chi connectivity index (χ4v) is 5.10. The SMILES string of the molecule is CCn1c(CSCc2ccc(Cl)cc2)nnc1SCc1ccc(Cl)cc1Cl. The molecule has 1 heterocycles. The van der Waals surface area contributed by atoms with E-state index in [-0.39, 0.29) is 0 Å². The number of aromatic nitrogens is 3. The molecule has 0 aliphatic heterocycles. The lowest BCUT2D eigenvalue weighted by atomic mass is 10.2. The van der Waals surface area contributed by atoms with Crippen molar-refractivity contribution in [2.75, 3.05) is 0 Å². The van der Waals surface area contributed by atoms with Crippen molar-refractivity contribution in [1.29, 1.82) is 0 Å². The molecule has 3 nitrogen and oxygen atoms in total. The molecule has 27 heavy (non-hydrogen) atoms. The third-order valence-corrected chi connectivity index (χ3v) is 6.75. The van der Waals surface area contributed by atoms with E-state index in [1.165, 1.54) is 5.56 Å².